The van der Waals surface area contributed by atoms with Crippen LogP contribution in [0.15, 0.2) is 83.3 Å². The highest BCUT2D eigenvalue weighted by molar-refractivity contribution is 7.21. The van der Waals surface area contributed by atoms with E-state index >= 15 is 0 Å². The summed E-state index contributed by atoms with van der Waals surface area (Å²) < 4.78 is 7.02. The molecule has 6 rings (SSSR count). The Hall–Kier alpha value is -3.70. The summed E-state index contributed by atoms with van der Waals surface area (Å²) in [6, 6.07) is 25.5. The summed E-state index contributed by atoms with van der Waals surface area (Å²) in [7, 11) is 0. The minimum absolute atomic E-state index is 0.150. The molecule has 0 fully saturated rings. The molecule has 0 aliphatic heterocycles. The molecule has 2 heterocycles. The largest absolute Gasteiger partial charge is 0.507 e. The molecule has 0 atom stereocenters. The third kappa shape index (κ3) is 2.67. The number of aromatic hydroxyl groups is 1. The smallest absolute Gasteiger partial charge is 0.231 e. The van der Waals surface area contributed by atoms with Crippen molar-refractivity contribution in [3.05, 3.63) is 78.9 Å². The number of nitrogens with zero attached hydrogens (tertiary/aromatic N) is 2. The zero-order valence-corrected chi connectivity index (χ0v) is 16.0. The third-order valence-corrected chi connectivity index (χ3v) is 6.11. The molecule has 2 aromatic heterocycles. The van der Waals surface area contributed by atoms with Gasteiger partial charge in [0.1, 0.15) is 16.3 Å². The number of phenolic OH excluding ortho intramolecular Hbond substituents is 1. The fourth-order valence-electron chi connectivity index (χ4n) is 3.57. The summed E-state index contributed by atoms with van der Waals surface area (Å²) >= 11 is 1.67. The number of benzene rings is 4. The van der Waals surface area contributed by atoms with Crippen molar-refractivity contribution in [1.29, 1.82) is 0 Å². The predicted octanol–water partition coefficient (Wildman–Crippen LogP) is 6.63. The first-order chi connectivity index (χ1) is 14.2. The van der Waals surface area contributed by atoms with E-state index in [4.69, 9.17) is 9.40 Å². The van der Waals surface area contributed by atoms with Crippen LogP contribution in [0.25, 0.3) is 54.1 Å². The van der Waals surface area contributed by atoms with Crippen molar-refractivity contribution in [2.45, 2.75) is 0 Å². The molecular formula is C24H14N2O2S. The van der Waals surface area contributed by atoms with E-state index < -0.39 is 0 Å². The van der Waals surface area contributed by atoms with Gasteiger partial charge in [0.2, 0.25) is 5.89 Å². The van der Waals surface area contributed by atoms with Gasteiger partial charge in [0, 0.05) is 5.56 Å². The average Bonchev–Trinajstić information content (AvgIpc) is 3.37. The molecule has 29 heavy (non-hydrogen) atoms. The van der Waals surface area contributed by atoms with Crippen LogP contribution in [0.3, 0.4) is 0 Å². The maximum atomic E-state index is 10.6. The molecule has 0 aliphatic rings. The zero-order valence-electron chi connectivity index (χ0n) is 15.2. The molecule has 0 saturated heterocycles. The highest BCUT2D eigenvalue weighted by Crippen LogP contribution is 2.37. The Balaban J connectivity index is 1.51. The number of phenols is 1. The quantitative estimate of drug-likeness (QED) is 0.358. The van der Waals surface area contributed by atoms with Gasteiger partial charge in [0.25, 0.3) is 0 Å². The molecule has 0 saturated carbocycles. The first-order valence-electron chi connectivity index (χ1n) is 9.23. The second-order valence-electron chi connectivity index (χ2n) is 6.90. The van der Waals surface area contributed by atoms with Gasteiger partial charge in [-0.25, -0.2) is 9.97 Å². The monoisotopic (exact) mass is 394 g/mol. The average molecular weight is 394 g/mol. The Kier molecular flexibility index (Phi) is 3.45. The van der Waals surface area contributed by atoms with E-state index in [-0.39, 0.29) is 5.75 Å². The van der Waals surface area contributed by atoms with Crippen molar-refractivity contribution >= 4 is 43.4 Å². The Morgan fingerprint density at radius 3 is 2.45 bits per heavy atom. The summed E-state index contributed by atoms with van der Waals surface area (Å²) in [6.45, 7) is 0. The molecular weight excluding hydrogens is 380 g/mol. The topological polar surface area (TPSA) is 59.2 Å². The molecule has 5 heteroatoms. The van der Waals surface area contributed by atoms with Crippen LogP contribution in [0.4, 0.5) is 0 Å². The van der Waals surface area contributed by atoms with Crippen molar-refractivity contribution in [3.63, 3.8) is 0 Å². The Bertz CT molecular complexity index is 1460. The molecule has 138 valence electrons. The lowest BCUT2D eigenvalue weighted by Crippen LogP contribution is -1.83. The molecule has 4 aromatic carbocycles. The van der Waals surface area contributed by atoms with Crippen molar-refractivity contribution in [2.24, 2.45) is 0 Å². The van der Waals surface area contributed by atoms with Gasteiger partial charge in [-0.1, -0.05) is 36.4 Å². The summed E-state index contributed by atoms with van der Waals surface area (Å²) in [4.78, 5) is 9.28. The second kappa shape index (κ2) is 6.15. The molecule has 1 N–H and O–H groups in total. The number of aromatic nitrogens is 2. The maximum Gasteiger partial charge on any atom is 0.231 e. The van der Waals surface area contributed by atoms with Crippen LogP contribution in [0, 0.1) is 0 Å². The SMILES string of the molecule is Oc1cc2ccc(-c3nc4ccccc4s3)cc2cc1-c1nc2ccccc2o1. The molecule has 0 radical (unpaired) electrons. The molecule has 0 bridgehead atoms. The van der Waals surface area contributed by atoms with Gasteiger partial charge < -0.3 is 9.52 Å². The van der Waals surface area contributed by atoms with Gasteiger partial charge >= 0.3 is 0 Å². The van der Waals surface area contributed by atoms with E-state index in [0.717, 1.165) is 32.4 Å². The highest BCUT2D eigenvalue weighted by atomic mass is 32.1. The lowest BCUT2D eigenvalue weighted by Gasteiger charge is -2.06. The minimum Gasteiger partial charge on any atom is -0.507 e. The third-order valence-electron chi connectivity index (χ3n) is 5.02. The van der Waals surface area contributed by atoms with Gasteiger partial charge in [0.05, 0.1) is 15.8 Å². The number of thiazole rings is 1. The Morgan fingerprint density at radius 2 is 1.59 bits per heavy atom. The van der Waals surface area contributed by atoms with Crippen LogP contribution >= 0.6 is 11.3 Å². The van der Waals surface area contributed by atoms with Crippen molar-refractivity contribution in [3.8, 4) is 27.8 Å². The molecule has 0 spiro atoms. The molecule has 6 aromatic rings. The summed E-state index contributed by atoms with van der Waals surface area (Å²) in [5.41, 5.74) is 4.10. The normalized spacial score (nSPS) is 11.6. The number of fused-ring (bicyclic) bond motifs is 3. The number of oxazole rings is 1. The van der Waals surface area contributed by atoms with Gasteiger partial charge in [-0.05, 0) is 53.2 Å². The summed E-state index contributed by atoms with van der Waals surface area (Å²) in [5.74, 6) is 0.563. The Labute approximate surface area is 169 Å². The first kappa shape index (κ1) is 16.3. The van der Waals surface area contributed by atoms with Crippen LogP contribution in [0.2, 0.25) is 0 Å². The minimum atomic E-state index is 0.150. The van der Waals surface area contributed by atoms with Gasteiger partial charge in [0.15, 0.2) is 5.58 Å². The van der Waals surface area contributed by atoms with Crippen LogP contribution in [0.1, 0.15) is 0 Å². The lowest BCUT2D eigenvalue weighted by atomic mass is 10.0. The lowest BCUT2D eigenvalue weighted by molar-refractivity contribution is 0.475. The predicted molar refractivity (Wildman–Crippen MR) is 117 cm³/mol. The van der Waals surface area contributed by atoms with E-state index in [2.05, 4.69) is 17.1 Å². The fourth-order valence-corrected chi connectivity index (χ4v) is 4.54. The number of hydrogen-bond acceptors (Lipinski definition) is 5. The van der Waals surface area contributed by atoms with Crippen LogP contribution < -0.4 is 0 Å². The molecule has 0 unspecified atom stereocenters. The number of rotatable bonds is 2. The molecule has 4 nitrogen and oxygen atoms in total. The standard InChI is InChI=1S/C24H14N2O2S/c27-20-13-14-9-10-15(24-26-19-6-2-4-8-22(19)29-24)11-16(14)12-17(20)23-25-18-5-1-3-7-21(18)28-23/h1-13,27H. The molecule has 0 aliphatic carbocycles. The van der Waals surface area contributed by atoms with Gasteiger partial charge in [-0.15, -0.1) is 11.3 Å². The fraction of sp³-hybridized carbons (Fsp3) is 0. The van der Waals surface area contributed by atoms with E-state index in [1.807, 2.05) is 60.7 Å². The number of para-hydroxylation sites is 3. The first-order valence-corrected chi connectivity index (χ1v) is 10.0. The van der Waals surface area contributed by atoms with Crippen LogP contribution in [-0.4, -0.2) is 15.1 Å². The van der Waals surface area contributed by atoms with E-state index in [0.29, 0.717) is 17.0 Å². The second-order valence-corrected chi connectivity index (χ2v) is 7.94. The van der Waals surface area contributed by atoms with Crippen molar-refractivity contribution < 1.29 is 9.52 Å². The van der Waals surface area contributed by atoms with Gasteiger partial charge in [-0.2, -0.15) is 0 Å². The van der Waals surface area contributed by atoms with E-state index in [1.165, 1.54) is 4.70 Å². The highest BCUT2D eigenvalue weighted by Gasteiger charge is 2.14. The summed E-state index contributed by atoms with van der Waals surface area (Å²) in [5, 5.41) is 13.5. The van der Waals surface area contributed by atoms with E-state index in [9.17, 15) is 5.11 Å². The summed E-state index contributed by atoms with van der Waals surface area (Å²) in [6.07, 6.45) is 0. The van der Waals surface area contributed by atoms with Crippen LogP contribution in [0.5, 0.6) is 5.75 Å². The van der Waals surface area contributed by atoms with Crippen LogP contribution in [-0.2, 0) is 0 Å². The maximum absolute atomic E-state index is 10.6. The van der Waals surface area contributed by atoms with E-state index in [1.54, 1.807) is 17.4 Å². The van der Waals surface area contributed by atoms with Gasteiger partial charge in [-0.3, -0.25) is 0 Å². The number of hydrogen-bond donors (Lipinski definition) is 1. The molecule has 0 amide bonds. The Morgan fingerprint density at radius 1 is 0.759 bits per heavy atom. The van der Waals surface area contributed by atoms with Crippen molar-refractivity contribution in [1.82, 2.24) is 9.97 Å². The van der Waals surface area contributed by atoms with Crippen molar-refractivity contribution in [2.75, 3.05) is 0 Å². The zero-order chi connectivity index (χ0) is 19.4.